The van der Waals surface area contributed by atoms with Crippen molar-refractivity contribution in [1.29, 1.82) is 0 Å². The normalized spacial score (nSPS) is 22.0. The molecule has 1 aliphatic rings. The zero-order chi connectivity index (χ0) is 16.2. The molecule has 2 amide bonds. The standard InChI is InChI=1S/C18H22N2O3/c1-12(14-9-5-7-13-6-3-4-8-15(13)14)19-18(21)20-16-10-23-11-17(16)22-2/h3-9,12,16-17H,10-11H2,1-2H3,(H2,19,20,21)/t12-,16+,17-/m1/s1. The first-order chi connectivity index (χ1) is 11.2. The molecule has 1 fully saturated rings. The van der Waals surface area contributed by atoms with Gasteiger partial charge < -0.3 is 20.1 Å². The Bertz CT molecular complexity index is 684. The smallest absolute Gasteiger partial charge is 0.315 e. The lowest BCUT2D eigenvalue weighted by Gasteiger charge is -2.21. The molecule has 1 aliphatic heterocycles. The third-order valence-electron chi connectivity index (χ3n) is 4.29. The van der Waals surface area contributed by atoms with Crippen molar-refractivity contribution in [2.24, 2.45) is 0 Å². The summed E-state index contributed by atoms with van der Waals surface area (Å²) in [5.41, 5.74) is 1.10. The lowest BCUT2D eigenvalue weighted by atomic mass is 10.00. The maximum atomic E-state index is 12.2. The molecule has 3 rings (SSSR count). The van der Waals surface area contributed by atoms with E-state index in [-0.39, 0.29) is 24.2 Å². The van der Waals surface area contributed by atoms with Crippen LogP contribution in [0.25, 0.3) is 10.8 Å². The van der Waals surface area contributed by atoms with E-state index in [2.05, 4.69) is 28.8 Å². The topological polar surface area (TPSA) is 59.6 Å². The summed E-state index contributed by atoms with van der Waals surface area (Å²) < 4.78 is 10.6. The molecule has 5 heteroatoms. The highest BCUT2D eigenvalue weighted by Gasteiger charge is 2.29. The van der Waals surface area contributed by atoms with Crippen LogP contribution in [-0.2, 0) is 9.47 Å². The summed E-state index contributed by atoms with van der Waals surface area (Å²) in [5, 5.41) is 8.25. The van der Waals surface area contributed by atoms with E-state index in [1.165, 1.54) is 5.39 Å². The van der Waals surface area contributed by atoms with Gasteiger partial charge in [-0.1, -0.05) is 42.5 Å². The molecule has 0 aliphatic carbocycles. The largest absolute Gasteiger partial charge is 0.377 e. The molecule has 0 spiro atoms. The van der Waals surface area contributed by atoms with Crippen molar-refractivity contribution in [3.05, 3.63) is 48.0 Å². The van der Waals surface area contributed by atoms with Crippen molar-refractivity contribution in [1.82, 2.24) is 10.6 Å². The molecule has 2 N–H and O–H groups in total. The van der Waals surface area contributed by atoms with Gasteiger partial charge in [-0.05, 0) is 23.3 Å². The molecule has 2 aromatic rings. The first-order valence-electron chi connectivity index (χ1n) is 7.84. The van der Waals surface area contributed by atoms with Crippen LogP contribution in [0, 0.1) is 0 Å². The molecule has 0 unspecified atom stereocenters. The molecule has 23 heavy (non-hydrogen) atoms. The molecule has 0 aromatic heterocycles. The predicted molar refractivity (Wildman–Crippen MR) is 89.4 cm³/mol. The van der Waals surface area contributed by atoms with Gasteiger partial charge in [0.15, 0.2) is 0 Å². The number of hydrogen-bond acceptors (Lipinski definition) is 3. The van der Waals surface area contributed by atoms with Crippen LogP contribution in [0.4, 0.5) is 4.79 Å². The number of fused-ring (bicyclic) bond motifs is 1. The van der Waals surface area contributed by atoms with Crippen molar-refractivity contribution in [2.45, 2.75) is 25.1 Å². The molecule has 2 aromatic carbocycles. The van der Waals surface area contributed by atoms with Gasteiger partial charge in [0, 0.05) is 7.11 Å². The van der Waals surface area contributed by atoms with Crippen LogP contribution < -0.4 is 10.6 Å². The van der Waals surface area contributed by atoms with Gasteiger partial charge in [-0.15, -0.1) is 0 Å². The summed E-state index contributed by atoms with van der Waals surface area (Å²) in [4.78, 5) is 12.2. The Morgan fingerprint density at radius 2 is 2.00 bits per heavy atom. The molecule has 122 valence electrons. The fraction of sp³-hybridized carbons (Fsp3) is 0.389. The van der Waals surface area contributed by atoms with Crippen LogP contribution in [0.2, 0.25) is 0 Å². The number of urea groups is 1. The maximum Gasteiger partial charge on any atom is 0.315 e. The average Bonchev–Trinajstić information content (AvgIpc) is 3.01. The van der Waals surface area contributed by atoms with E-state index >= 15 is 0 Å². The number of hydrogen-bond donors (Lipinski definition) is 2. The van der Waals surface area contributed by atoms with Crippen molar-refractivity contribution in [2.75, 3.05) is 20.3 Å². The molecular weight excluding hydrogens is 292 g/mol. The summed E-state index contributed by atoms with van der Waals surface area (Å²) in [6, 6.07) is 13.9. The summed E-state index contributed by atoms with van der Waals surface area (Å²) in [7, 11) is 1.63. The lowest BCUT2D eigenvalue weighted by Crippen LogP contribution is -2.48. The van der Waals surface area contributed by atoms with E-state index in [0.29, 0.717) is 13.2 Å². The summed E-state index contributed by atoms with van der Waals surface area (Å²) in [5.74, 6) is 0. The van der Waals surface area contributed by atoms with Gasteiger partial charge in [0.2, 0.25) is 0 Å². The van der Waals surface area contributed by atoms with Crippen molar-refractivity contribution in [3.63, 3.8) is 0 Å². The number of methoxy groups -OCH3 is 1. The first kappa shape index (κ1) is 15.8. The Balaban J connectivity index is 1.68. The fourth-order valence-corrected chi connectivity index (χ4v) is 3.01. The van der Waals surface area contributed by atoms with Crippen molar-refractivity contribution < 1.29 is 14.3 Å². The second-order valence-corrected chi connectivity index (χ2v) is 5.83. The van der Waals surface area contributed by atoms with Gasteiger partial charge in [0.05, 0.1) is 25.3 Å². The van der Waals surface area contributed by atoms with Crippen LogP contribution in [-0.4, -0.2) is 38.5 Å². The molecular formula is C18H22N2O3. The number of amides is 2. The Labute approximate surface area is 136 Å². The van der Waals surface area contributed by atoms with Gasteiger partial charge in [-0.3, -0.25) is 0 Å². The second kappa shape index (κ2) is 6.98. The maximum absolute atomic E-state index is 12.2. The van der Waals surface area contributed by atoms with E-state index in [1.807, 2.05) is 31.2 Å². The quantitative estimate of drug-likeness (QED) is 0.912. The highest BCUT2D eigenvalue weighted by molar-refractivity contribution is 5.86. The average molecular weight is 314 g/mol. The van der Waals surface area contributed by atoms with Crippen molar-refractivity contribution in [3.8, 4) is 0 Å². The van der Waals surface area contributed by atoms with E-state index in [1.54, 1.807) is 7.11 Å². The number of carbonyl (C=O) groups excluding carboxylic acids is 1. The number of rotatable bonds is 4. The Morgan fingerprint density at radius 1 is 1.22 bits per heavy atom. The summed E-state index contributed by atoms with van der Waals surface area (Å²) >= 11 is 0. The molecule has 5 nitrogen and oxygen atoms in total. The number of nitrogens with one attached hydrogen (secondary N) is 2. The van der Waals surface area contributed by atoms with E-state index in [9.17, 15) is 4.79 Å². The highest BCUT2D eigenvalue weighted by atomic mass is 16.5. The molecule has 0 bridgehead atoms. The van der Waals surface area contributed by atoms with Gasteiger partial charge in [-0.25, -0.2) is 4.79 Å². The molecule has 0 saturated carbocycles. The monoisotopic (exact) mass is 314 g/mol. The lowest BCUT2D eigenvalue weighted by molar-refractivity contribution is 0.0744. The van der Waals surface area contributed by atoms with Crippen LogP contribution in [0.1, 0.15) is 18.5 Å². The Kier molecular flexibility index (Phi) is 4.79. The summed E-state index contributed by atoms with van der Waals surface area (Å²) in [6.45, 7) is 2.98. The van der Waals surface area contributed by atoms with E-state index in [4.69, 9.17) is 9.47 Å². The van der Waals surface area contributed by atoms with Crippen LogP contribution in [0.5, 0.6) is 0 Å². The Hall–Kier alpha value is -2.11. The second-order valence-electron chi connectivity index (χ2n) is 5.83. The zero-order valence-electron chi connectivity index (χ0n) is 13.4. The first-order valence-corrected chi connectivity index (χ1v) is 7.84. The van der Waals surface area contributed by atoms with Crippen LogP contribution >= 0.6 is 0 Å². The minimum absolute atomic E-state index is 0.0892. The van der Waals surface area contributed by atoms with E-state index in [0.717, 1.165) is 10.9 Å². The van der Waals surface area contributed by atoms with E-state index < -0.39 is 0 Å². The zero-order valence-corrected chi connectivity index (χ0v) is 13.4. The minimum atomic E-state index is -0.206. The molecule has 1 heterocycles. The van der Waals surface area contributed by atoms with Crippen LogP contribution in [0.3, 0.4) is 0 Å². The predicted octanol–water partition coefficient (Wildman–Crippen LogP) is 2.61. The molecule has 1 saturated heterocycles. The molecule has 3 atom stereocenters. The third-order valence-corrected chi connectivity index (χ3v) is 4.29. The highest BCUT2D eigenvalue weighted by Crippen LogP contribution is 2.24. The van der Waals surface area contributed by atoms with Gasteiger partial charge in [0.1, 0.15) is 6.10 Å². The molecule has 0 radical (unpaired) electrons. The van der Waals surface area contributed by atoms with Gasteiger partial charge in [-0.2, -0.15) is 0 Å². The SMILES string of the molecule is CO[C@@H]1COC[C@@H]1NC(=O)N[C@H](C)c1cccc2ccccc12. The number of carbonyl (C=O) groups is 1. The van der Waals surface area contributed by atoms with Gasteiger partial charge >= 0.3 is 6.03 Å². The summed E-state index contributed by atoms with van der Waals surface area (Å²) in [6.07, 6.45) is -0.0892. The Morgan fingerprint density at radius 3 is 2.83 bits per heavy atom. The number of ether oxygens (including phenoxy) is 2. The fourth-order valence-electron chi connectivity index (χ4n) is 3.01. The van der Waals surface area contributed by atoms with Crippen molar-refractivity contribution >= 4 is 16.8 Å². The van der Waals surface area contributed by atoms with Gasteiger partial charge in [0.25, 0.3) is 0 Å². The number of benzene rings is 2. The third kappa shape index (κ3) is 3.46. The van der Waals surface area contributed by atoms with Crippen LogP contribution in [0.15, 0.2) is 42.5 Å². The minimum Gasteiger partial charge on any atom is -0.377 e.